The van der Waals surface area contributed by atoms with Crippen molar-refractivity contribution in [2.45, 2.75) is 51.9 Å². The summed E-state index contributed by atoms with van der Waals surface area (Å²) in [5.41, 5.74) is 0. The second-order valence-corrected chi connectivity index (χ2v) is 4.25. The molecular formula is C12H26N2O2. The number of nitrogens with zero attached hydrogens (tertiary/aromatic N) is 1. The van der Waals surface area contributed by atoms with E-state index in [-0.39, 0.29) is 5.91 Å². The van der Waals surface area contributed by atoms with Crippen LogP contribution in [0.2, 0.25) is 0 Å². The molecule has 0 aliphatic heterocycles. The van der Waals surface area contributed by atoms with Crippen LogP contribution in [0.1, 0.15) is 51.9 Å². The molecule has 0 aliphatic carbocycles. The first-order valence-electron chi connectivity index (χ1n) is 6.33. The summed E-state index contributed by atoms with van der Waals surface area (Å²) in [5.74, 6) is 0.136. The molecule has 0 bridgehead atoms. The van der Waals surface area contributed by atoms with Crippen LogP contribution in [-0.2, 0) is 4.79 Å². The van der Waals surface area contributed by atoms with E-state index in [2.05, 4.69) is 12.2 Å². The van der Waals surface area contributed by atoms with E-state index in [1.165, 1.54) is 19.3 Å². The fourth-order valence-corrected chi connectivity index (χ4v) is 1.51. The Morgan fingerprint density at radius 3 is 2.50 bits per heavy atom. The first-order chi connectivity index (χ1) is 7.66. The Labute approximate surface area is 99.0 Å². The molecule has 0 saturated heterocycles. The average molecular weight is 230 g/mol. The molecule has 0 spiro atoms. The fourth-order valence-electron chi connectivity index (χ4n) is 1.51. The third kappa shape index (κ3) is 11.5. The molecule has 0 radical (unpaired) electrons. The number of hydrogen-bond donors (Lipinski definition) is 2. The molecule has 4 heteroatoms. The van der Waals surface area contributed by atoms with Gasteiger partial charge in [-0.15, -0.1) is 0 Å². The number of hydrogen-bond acceptors (Lipinski definition) is 3. The van der Waals surface area contributed by atoms with Gasteiger partial charge in [-0.05, 0) is 12.8 Å². The number of nitrogens with one attached hydrogen (secondary N) is 1. The summed E-state index contributed by atoms with van der Waals surface area (Å²) in [6, 6.07) is 0. The third-order valence-corrected chi connectivity index (χ3v) is 2.49. The number of amides is 1. The van der Waals surface area contributed by atoms with Crippen LogP contribution in [0.3, 0.4) is 0 Å². The number of carbonyl (C=O) groups excluding carboxylic acids is 1. The smallest absolute Gasteiger partial charge is 0.219 e. The van der Waals surface area contributed by atoms with Gasteiger partial charge < -0.3 is 10.5 Å². The molecule has 0 heterocycles. The van der Waals surface area contributed by atoms with E-state index in [9.17, 15) is 4.79 Å². The Morgan fingerprint density at radius 1 is 1.19 bits per heavy atom. The average Bonchev–Trinajstić information content (AvgIpc) is 2.24. The highest BCUT2D eigenvalue weighted by Crippen LogP contribution is 2.04. The zero-order chi connectivity index (χ0) is 12.2. The summed E-state index contributed by atoms with van der Waals surface area (Å²) < 4.78 is 0. The number of unbranched alkanes of at least 4 members (excludes halogenated alkanes) is 4. The van der Waals surface area contributed by atoms with E-state index in [4.69, 9.17) is 5.21 Å². The normalized spacial score (nSPS) is 10.8. The van der Waals surface area contributed by atoms with Crippen molar-refractivity contribution < 1.29 is 10.0 Å². The summed E-state index contributed by atoms with van der Waals surface area (Å²) in [7, 11) is 1.61. The standard InChI is InChI=1S/C12H26N2O2/c1-3-4-5-6-7-9-12(15)13-10-8-11-14(2)16/h16H,3-11H2,1-2H3,(H,13,15). The van der Waals surface area contributed by atoms with E-state index in [0.29, 0.717) is 19.5 Å². The van der Waals surface area contributed by atoms with Crippen LogP contribution < -0.4 is 5.32 Å². The fraction of sp³-hybridized carbons (Fsp3) is 0.917. The van der Waals surface area contributed by atoms with E-state index in [1.807, 2.05) is 0 Å². The highest BCUT2D eigenvalue weighted by molar-refractivity contribution is 5.75. The second kappa shape index (κ2) is 10.9. The molecule has 96 valence electrons. The van der Waals surface area contributed by atoms with Crippen molar-refractivity contribution >= 4 is 5.91 Å². The lowest BCUT2D eigenvalue weighted by Gasteiger charge is -2.08. The number of carbonyl (C=O) groups is 1. The molecule has 0 aromatic carbocycles. The van der Waals surface area contributed by atoms with E-state index in [0.717, 1.165) is 24.3 Å². The molecule has 0 rings (SSSR count). The monoisotopic (exact) mass is 230 g/mol. The molecule has 0 aliphatic rings. The van der Waals surface area contributed by atoms with Crippen molar-refractivity contribution in [1.29, 1.82) is 0 Å². The minimum Gasteiger partial charge on any atom is -0.356 e. The van der Waals surface area contributed by atoms with Gasteiger partial charge in [-0.1, -0.05) is 32.6 Å². The van der Waals surface area contributed by atoms with Crippen molar-refractivity contribution in [3.8, 4) is 0 Å². The van der Waals surface area contributed by atoms with Gasteiger partial charge in [0.25, 0.3) is 0 Å². The van der Waals surface area contributed by atoms with Gasteiger partial charge in [0.15, 0.2) is 0 Å². The van der Waals surface area contributed by atoms with Crippen LogP contribution in [0, 0.1) is 0 Å². The molecule has 16 heavy (non-hydrogen) atoms. The van der Waals surface area contributed by atoms with Gasteiger partial charge in [0.05, 0.1) is 0 Å². The van der Waals surface area contributed by atoms with Crippen molar-refractivity contribution in [1.82, 2.24) is 10.4 Å². The van der Waals surface area contributed by atoms with Crippen LogP contribution in [-0.4, -0.2) is 36.3 Å². The Kier molecular flexibility index (Phi) is 10.5. The van der Waals surface area contributed by atoms with E-state index >= 15 is 0 Å². The lowest BCUT2D eigenvalue weighted by Crippen LogP contribution is -2.26. The Bertz CT molecular complexity index is 172. The summed E-state index contributed by atoms with van der Waals surface area (Å²) in [5, 5.41) is 12.9. The van der Waals surface area contributed by atoms with Gasteiger partial charge in [0, 0.05) is 26.6 Å². The molecule has 1 amide bonds. The molecule has 0 aromatic rings. The minimum atomic E-state index is 0.136. The van der Waals surface area contributed by atoms with Crippen LogP contribution in [0.15, 0.2) is 0 Å². The van der Waals surface area contributed by atoms with Crippen LogP contribution in [0.5, 0.6) is 0 Å². The highest BCUT2D eigenvalue weighted by atomic mass is 16.5. The maximum Gasteiger partial charge on any atom is 0.219 e. The summed E-state index contributed by atoms with van der Waals surface area (Å²) in [4.78, 5) is 11.3. The van der Waals surface area contributed by atoms with Gasteiger partial charge in [0.2, 0.25) is 5.91 Å². The van der Waals surface area contributed by atoms with Gasteiger partial charge in [0.1, 0.15) is 0 Å². The number of rotatable bonds is 10. The maximum absolute atomic E-state index is 11.3. The molecule has 4 nitrogen and oxygen atoms in total. The predicted octanol–water partition coefficient (Wildman–Crippen LogP) is 2.17. The molecule has 0 saturated carbocycles. The predicted molar refractivity (Wildman–Crippen MR) is 65.4 cm³/mol. The highest BCUT2D eigenvalue weighted by Gasteiger charge is 2.00. The molecule has 0 aromatic heterocycles. The third-order valence-electron chi connectivity index (χ3n) is 2.49. The minimum absolute atomic E-state index is 0.136. The quantitative estimate of drug-likeness (QED) is 0.447. The molecular weight excluding hydrogens is 204 g/mol. The zero-order valence-electron chi connectivity index (χ0n) is 10.7. The Balaban J connectivity index is 3.18. The van der Waals surface area contributed by atoms with Gasteiger partial charge in [-0.25, -0.2) is 0 Å². The largest absolute Gasteiger partial charge is 0.356 e. The van der Waals surface area contributed by atoms with E-state index in [1.54, 1.807) is 7.05 Å². The van der Waals surface area contributed by atoms with Crippen LogP contribution in [0.25, 0.3) is 0 Å². The summed E-state index contributed by atoms with van der Waals surface area (Å²) >= 11 is 0. The maximum atomic E-state index is 11.3. The van der Waals surface area contributed by atoms with Gasteiger partial charge in [-0.2, -0.15) is 5.06 Å². The Hall–Kier alpha value is -0.610. The Morgan fingerprint density at radius 2 is 1.88 bits per heavy atom. The van der Waals surface area contributed by atoms with Crippen molar-refractivity contribution in [2.75, 3.05) is 20.1 Å². The van der Waals surface area contributed by atoms with Crippen molar-refractivity contribution in [3.05, 3.63) is 0 Å². The molecule has 0 atom stereocenters. The second-order valence-electron chi connectivity index (χ2n) is 4.25. The first kappa shape index (κ1) is 15.4. The molecule has 0 unspecified atom stereocenters. The summed E-state index contributed by atoms with van der Waals surface area (Å²) in [6.45, 7) is 3.43. The molecule has 2 N–H and O–H groups in total. The van der Waals surface area contributed by atoms with Gasteiger partial charge in [-0.3, -0.25) is 4.79 Å². The SMILES string of the molecule is CCCCCCCC(=O)NCCCN(C)O. The van der Waals surface area contributed by atoms with Crippen molar-refractivity contribution in [2.24, 2.45) is 0 Å². The summed E-state index contributed by atoms with van der Waals surface area (Å²) in [6.07, 6.45) is 7.31. The van der Waals surface area contributed by atoms with Crippen molar-refractivity contribution in [3.63, 3.8) is 0 Å². The van der Waals surface area contributed by atoms with Crippen LogP contribution in [0.4, 0.5) is 0 Å². The van der Waals surface area contributed by atoms with Gasteiger partial charge >= 0.3 is 0 Å². The lowest BCUT2D eigenvalue weighted by atomic mass is 10.1. The topological polar surface area (TPSA) is 52.6 Å². The first-order valence-corrected chi connectivity index (χ1v) is 6.33. The lowest BCUT2D eigenvalue weighted by molar-refractivity contribution is -0.121. The van der Waals surface area contributed by atoms with Crippen LogP contribution >= 0.6 is 0 Å². The zero-order valence-corrected chi connectivity index (χ0v) is 10.7. The van der Waals surface area contributed by atoms with E-state index < -0.39 is 0 Å². The molecule has 0 fully saturated rings. The number of hydroxylamine groups is 2.